The topological polar surface area (TPSA) is 67.6 Å². The molecule has 1 aliphatic rings. The van der Waals surface area contributed by atoms with Crippen LogP contribution in [0.15, 0.2) is 12.1 Å². The molecule has 1 fully saturated rings. The highest BCUT2D eigenvalue weighted by atomic mass is 19.1. The number of morpholine rings is 1. The molecule has 0 aliphatic carbocycles. The second-order valence-electron chi connectivity index (χ2n) is 4.51. The first kappa shape index (κ1) is 14.6. The van der Waals surface area contributed by atoms with Gasteiger partial charge >= 0.3 is 5.69 Å². The third-order valence-electron chi connectivity index (χ3n) is 3.10. The van der Waals surface area contributed by atoms with Gasteiger partial charge in [-0.3, -0.25) is 10.1 Å². The Labute approximate surface area is 114 Å². The number of hydrogen-bond acceptors (Lipinski definition) is 5. The number of hydrogen-bond donors (Lipinski definition) is 1. The van der Waals surface area contributed by atoms with Crippen molar-refractivity contribution in [3.8, 4) is 0 Å². The summed E-state index contributed by atoms with van der Waals surface area (Å²) >= 11 is 0. The Bertz CT molecular complexity index is 511. The Morgan fingerprint density at radius 3 is 2.95 bits per heavy atom. The molecular formula is C12H15F2N3O3. The van der Waals surface area contributed by atoms with Crippen molar-refractivity contribution in [3.63, 3.8) is 0 Å². The van der Waals surface area contributed by atoms with Crippen molar-refractivity contribution in [1.82, 2.24) is 5.32 Å². The van der Waals surface area contributed by atoms with Gasteiger partial charge < -0.3 is 15.0 Å². The lowest BCUT2D eigenvalue weighted by Gasteiger charge is -2.34. The molecule has 0 amide bonds. The van der Waals surface area contributed by atoms with Crippen molar-refractivity contribution < 1.29 is 18.4 Å². The van der Waals surface area contributed by atoms with Crippen LogP contribution in [0, 0.1) is 21.7 Å². The van der Waals surface area contributed by atoms with Crippen LogP contribution in [0.25, 0.3) is 0 Å². The van der Waals surface area contributed by atoms with Gasteiger partial charge in [-0.1, -0.05) is 0 Å². The molecule has 0 saturated carbocycles. The Balaban J connectivity index is 2.33. The molecule has 1 aromatic carbocycles. The molecule has 0 spiro atoms. The maximum atomic E-state index is 13.6. The van der Waals surface area contributed by atoms with Crippen LogP contribution < -0.4 is 10.2 Å². The van der Waals surface area contributed by atoms with Gasteiger partial charge in [-0.2, -0.15) is 4.39 Å². The maximum Gasteiger partial charge on any atom is 0.328 e. The van der Waals surface area contributed by atoms with E-state index in [0.29, 0.717) is 32.3 Å². The minimum Gasteiger partial charge on any atom is -0.373 e. The van der Waals surface area contributed by atoms with Gasteiger partial charge in [0.1, 0.15) is 11.5 Å². The smallest absolute Gasteiger partial charge is 0.328 e. The van der Waals surface area contributed by atoms with Gasteiger partial charge in [0, 0.05) is 31.8 Å². The second kappa shape index (κ2) is 6.10. The Morgan fingerprint density at radius 1 is 1.55 bits per heavy atom. The average Bonchev–Trinajstić information content (AvgIpc) is 2.38. The molecule has 8 heteroatoms. The van der Waals surface area contributed by atoms with Crippen molar-refractivity contribution in [2.24, 2.45) is 0 Å². The first-order valence-electron chi connectivity index (χ1n) is 6.17. The third-order valence-corrected chi connectivity index (χ3v) is 3.10. The molecule has 1 aromatic rings. The minimum absolute atomic E-state index is 0.0445. The Morgan fingerprint density at radius 2 is 2.30 bits per heavy atom. The van der Waals surface area contributed by atoms with E-state index in [2.05, 4.69) is 5.32 Å². The number of rotatable bonds is 4. The van der Waals surface area contributed by atoms with Gasteiger partial charge in [0.2, 0.25) is 5.82 Å². The van der Waals surface area contributed by atoms with Gasteiger partial charge in [-0.25, -0.2) is 4.39 Å². The number of ether oxygens (including phenoxy) is 1. The number of benzene rings is 1. The van der Waals surface area contributed by atoms with E-state index in [0.717, 1.165) is 6.07 Å². The largest absolute Gasteiger partial charge is 0.373 e. The number of nitrogens with zero attached hydrogens (tertiary/aromatic N) is 2. The van der Waals surface area contributed by atoms with Gasteiger partial charge in [-0.15, -0.1) is 0 Å². The Kier molecular flexibility index (Phi) is 4.46. The lowest BCUT2D eigenvalue weighted by atomic mass is 10.2. The minimum atomic E-state index is -1.17. The summed E-state index contributed by atoms with van der Waals surface area (Å²) in [6, 6.07) is 1.51. The fourth-order valence-corrected chi connectivity index (χ4v) is 2.26. The van der Waals surface area contributed by atoms with E-state index in [1.165, 1.54) is 0 Å². The van der Waals surface area contributed by atoms with E-state index < -0.39 is 22.2 Å². The molecule has 110 valence electrons. The van der Waals surface area contributed by atoms with Crippen molar-refractivity contribution in [2.75, 3.05) is 38.2 Å². The summed E-state index contributed by atoms with van der Waals surface area (Å²) in [7, 11) is 1.76. The maximum absolute atomic E-state index is 13.6. The van der Waals surface area contributed by atoms with Crippen LogP contribution in [-0.2, 0) is 4.74 Å². The third kappa shape index (κ3) is 3.02. The van der Waals surface area contributed by atoms with Crippen molar-refractivity contribution in [3.05, 3.63) is 33.9 Å². The van der Waals surface area contributed by atoms with E-state index in [1.54, 1.807) is 11.9 Å². The van der Waals surface area contributed by atoms with E-state index in [1.807, 2.05) is 0 Å². The zero-order chi connectivity index (χ0) is 14.7. The van der Waals surface area contributed by atoms with Crippen LogP contribution in [0.4, 0.5) is 20.2 Å². The fourth-order valence-electron chi connectivity index (χ4n) is 2.26. The van der Waals surface area contributed by atoms with E-state index in [4.69, 9.17) is 4.74 Å². The van der Waals surface area contributed by atoms with Crippen LogP contribution in [0.1, 0.15) is 0 Å². The summed E-state index contributed by atoms with van der Waals surface area (Å²) in [5.41, 5.74) is -0.742. The van der Waals surface area contributed by atoms with Gasteiger partial charge in [-0.05, 0) is 7.05 Å². The van der Waals surface area contributed by atoms with Crippen LogP contribution in [0.5, 0.6) is 0 Å². The molecular weight excluding hydrogens is 272 g/mol. The molecule has 1 unspecified atom stereocenters. The van der Waals surface area contributed by atoms with Crippen LogP contribution >= 0.6 is 0 Å². The molecule has 2 rings (SSSR count). The van der Waals surface area contributed by atoms with Crippen LogP contribution in [0.2, 0.25) is 0 Å². The summed E-state index contributed by atoms with van der Waals surface area (Å²) in [5.74, 6) is -2.00. The standard InChI is InChI=1S/C12H15F2N3O3/c1-15-6-9-7-16(2-3-20-9)11-5-8(13)4-10(14)12(11)17(18)19/h4-5,9,15H,2-3,6-7H2,1H3. The van der Waals surface area contributed by atoms with Crippen LogP contribution in [0.3, 0.4) is 0 Å². The first-order valence-corrected chi connectivity index (χ1v) is 6.17. The summed E-state index contributed by atoms with van der Waals surface area (Å²) < 4.78 is 32.4. The number of nitro benzene ring substituents is 1. The van der Waals surface area contributed by atoms with Crippen molar-refractivity contribution in [2.45, 2.75) is 6.10 Å². The predicted octanol–water partition coefficient (Wildman–Crippen LogP) is 1.30. The molecule has 1 atom stereocenters. The molecule has 20 heavy (non-hydrogen) atoms. The lowest BCUT2D eigenvalue weighted by Crippen LogP contribution is -2.46. The van der Waals surface area contributed by atoms with E-state index >= 15 is 0 Å². The van der Waals surface area contributed by atoms with E-state index in [-0.39, 0.29) is 11.8 Å². The highest BCUT2D eigenvalue weighted by Gasteiger charge is 2.29. The highest BCUT2D eigenvalue weighted by Crippen LogP contribution is 2.32. The normalized spacial score (nSPS) is 19.1. The number of likely N-dealkylation sites (N-methyl/N-ethyl adjacent to an activating group) is 1. The van der Waals surface area contributed by atoms with Crippen molar-refractivity contribution in [1.29, 1.82) is 0 Å². The zero-order valence-corrected chi connectivity index (χ0v) is 10.9. The lowest BCUT2D eigenvalue weighted by molar-refractivity contribution is -0.386. The Hall–Kier alpha value is -1.80. The fraction of sp³-hybridized carbons (Fsp3) is 0.500. The second-order valence-corrected chi connectivity index (χ2v) is 4.51. The number of nitrogens with one attached hydrogen (secondary N) is 1. The summed E-state index contributed by atoms with van der Waals surface area (Å²) in [5, 5.41) is 13.9. The summed E-state index contributed by atoms with van der Waals surface area (Å²) in [6.07, 6.45) is -0.181. The molecule has 1 aliphatic heterocycles. The van der Waals surface area contributed by atoms with Crippen molar-refractivity contribution >= 4 is 11.4 Å². The summed E-state index contributed by atoms with van der Waals surface area (Å²) in [4.78, 5) is 11.7. The van der Waals surface area contributed by atoms with Crippen LogP contribution in [-0.4, -0.2) is 44.3 Å². The predicted molar refractivity (Wildman–Crippen MR) is 68.9 cm³/mol. The van der Waals surface area contributed by atoms with Gasteiger partial charge in [0.15, 0.2) is 0 Å². The molecule has 1 N–H and O–H groups in total. The van der Waals surface area contributed by atoms with Gasteiger partial charge in [0.25, 0.3) is 0 Å². The zero-order valence-electron chi connectivity index (χ0n) is 10.9. The molecule has 1 heterocycles. The SMILES string of the molecule is CNCC1CN(c2cc(F)cc(F)c2[N+](=O)[O-])CCO1. The van der Waals surface area contributed by atoms with E-state index in [9.17, 15) is 18.9 Å². The van der Waals surface area contributed by atoms with Gasteiger partial charge in [0.05, 0.1) is 17.6 Å². The number of halogens is 2. The molecule has 0 radical (unpaired) electrons. The quantitative estimate of drug-likeness (QED) is 0.668. The monoisotopic (exact) mass is 287 g/mol. The number of anilines is 1. The first-order chi connectivity index (χ1) is 9.52. The molecule has 0 aromatic heterocycles. The molecule has 1 saturated heterocycles. The average molecular weight is 287 g/mol. The molecule has 0 bridgehead atoms. The highest BCUT2D eigenvalue weighted by molar-refractivity contribution is 5.64. The summed E-state index contributed by atoms with van der Waals surface area (Å²) in [6.45, 7) is 1.60. The number of nitro groups is 1. The molecule has 6 nitrogen and oxygen atoms in total.